The lowest BCUT2D eigenvalue weighted by Crippen LogP contribution is -2.24. The van der Waals surface area contributed by atoms with Gasteiger partial charge in [-0.2, -0.15) is 0 Å². The van der Waals surface area contributed by atoms with Gasteiger partial charge in [-0.25, -0.2) is 0 Å². The summed E-state index contributed by atoms with van der Waals surface area (Å²) in [7, 11) is 0. The monoisotopic (exact) mass is 465 g/mol. The number of ether oxygens (including phenoxy) is 4. The van der Waals surface area contributed by atoms with Gasteiger partial charge in [-0.3, -0.25) is 4.79 Å². The van der Waals surface area contributed by atoms with E-state index in [9.17, 15) is 4.79 Å². The first-order valence-corrected chi connectivity index (χ1v) is 12.0. The van der Waals surface area contributed by atoms with Crippen molar-refractivity contribution in [2.45, 2.75) is 57.0 Å². The maximum absolute atomic E-state index is 13.9. The van der Waals surface area contributed by atoms with E-state index in [0.717, 1.165) is 59.6 Å². The van der Waals surface area contributed by atoms with Crippen molar-refractivity contribution < 1.29 is 23.7 Å². The SMILES string of the molecule is Cc1cc(N)ccc1NC(=O)c1c(CC2CO2)c(N)c(CC2CO2)c(CC2CO2)c1CC1CO1. The summed E-state index contributed by atoms with van der Waals surface area (Å²) in [6.07, 6.45) is 3.38. The molecule has 0 radical (unpaired) electrons. The van der Waals surface area contributed by atoms with Crippen molar-refractivity contribution in [3.63, 3.8) is 0 Å². The lowest BCUT2D eigenvalue weighted by atomic mass is 9.82. The number of amides is 1. The average molecular weight is 466 g/mol. The van der Waals surface area contributed by atoms with Gasteiger partial charge < -0.3 is 35.7 Å². The molecule has 0 spiro atoms. The molecule has 2 aromatic carbocycles. The summed E-state index contributed by atoms with van der Waals surface area (Å²) in [5.74, 6) is -0.155. The van der Waals surface area contributed by atoms with Crippen LogP contribution in [0.15, 0.2) is 18.2 Å². The molecule has 0 aromatic heterocycles. The zero-order chi connectivity index (χ0) is 23.4. The minimum atomic E-state index is -0.155. The molecule has 0 bridgehead atoms. The van der Waals surface area contributed by atoms with Crippen molar-refractivity contribution in [1.29, 1.82) is 0 Å². The van der Waals surface area contributed by atoms with Crippen LogP contribution in [0.2, 0.25) is 0 Å². The van der Waals surface area contributed by atoms with Crippen LogP contribution in [0.25, 0.3) is 0 Å². The van der Waals surface area contributed by atoms with Crippen molar-refractivity contribution in [2.75, 3.05) is 43.2 Å². The summed E-state index contributed by atoms with van der Waals surface area (Å²) >= 11 is 0. The number of nitrogen functional groups attached to an aromatic ring is 2. The van der Waals surface area contributed by atoms with Crippen LogP contribution in [-0.2, 0) is 44.6 Å². The van der Waals surface area contributed by atoms with Gasteiger partial charge in [-0.05, 0) is 52.9 Å². The van der Waals surface area contributed by atoms with E-state index < -0.39 is 0 Å². The molecular formula is C26H31N3O5. The lowest BCUT2D eigenvalue weighted by Gasteiger charge is -2.24. The molecule has 8 heteroatoms. The Bertz CT molecular complexity index is 1130. The van der Waals surface area contributed by atoms with Gasteiger partial charge in [0.25, 0.3) is 5.91 Å². The summed E-state index contributed by atoms with van der Waals surface area (Å²) < 4.78 is 22.3. The number of nitrogens with one attached hydrogen (secondary N) is 1. The van der Waals surface area contributed by atoms with Crippen LogP contribution in [-0.4, -0.2) is 56.8 Å². The van der Waals surface area contributed by atoms with Gasteiger partial charge in [-0.15, -0.1) is 0 Å². The van der Waals surface area contributed by atoms with Crippen LogP contribution in [0.5, 0.6) is 0 Å². The maximum Gasteiger partial charge on any atom is 0.256 e. The third-order valence-corrected chi connectivity index (χ3v) is 7.04. The number of carbonyl (C=O) groups is 1. The second kappa shape index (κ2) is 8.53. The topological polar surface area (TPSA) is 131 Å². The predicted molar refractivity (Wildman–Crippen MR) is 128 cm³/mol. The van der Waals surface area contributed by atoms with E-state index in [0.29, 0.717) is 43.0 Å². The first-order valence-electron chi connectivity index (χ1n) is 12.0. The molecule has 1 amide bonds. The molecule has 4 aliphatic rings. The fraction of sp³-hybridized carbons (Fsp3) is 0.500. The lowest BCUT2D eigenvalue weighted by molar-refractivity contribution is 0.102. The van der Waals surface area contributed by atoms with Crippen molar-refractivity contribution in [2.24, 2.45) is 0 Å². The second-order valence-corrected chi connectivity index (χ2v) is 9.87. The molecule has 2 aromatic rings. The van der Waals surface area contributed by atoms with Crippen LogP contribution in [0.1, 0.15) is 38.2 Å². The fourth-order valence-electron chi connectivity index (χ4n) is 4.85. The molecule has 4 saturated heterocycles. The Morgan fingerprint density at radius 2 is 1.32 bits per heavy atom. The highest BCUT2D eigenvalue weighted by Gasteiger charge is 2.37. The van der Waals surface area contributed by atoms with Crippen LogP contribution < -0.4 is 16.8 Å². The third kappa shape index (κ3) is 4.77. The van der Waals surface area contributed by atoms with Crippen LogP contribution in [0.3, 0.4) is 0 Å². The van der Waals surface area contributed by atoms with Gasteiger partial charge in [0.1, 0.15) is 0 Å². The van der Waals surface area contributed by atoms with Crippen molar-refractivity contribution in [1.82, 2.24) is 0 Å². The van der Waals surface area contributed by atoms with Gasteiger partial charge in [0.15, 0.2) is 0 Å². The quantitative estimate of drug-likeness (QED) is 0.362. The van der Waals surface area contributed by atoms with E-state index >= 15 is 0 Å². The first-order chi connectivity index (χ1) is 16.5. The number of aryl methyl sites for hydroxylation is 1. The van der Waals surface area contributed by atoms with Crippen LogP contribution in [0.4, 0.5) is 17.1 Å². The largest absolute Gasteiger partial charge is 0.399 e. The van der Waals surface area contributed by atoms with E-state index in [2.05, 4.69) is 5.32 Å². The summed E-state index contributed by atoms with van der Waals surface area (Å²) in [5, 5.41) is 3.13. The zero-order valence-electron chi connectivity index (χ0n) is 19.4. The van der Waals surface area contributed by atoms with Gasteiger partial charge in [0, 0.05) is 48.3 Å². The van der Waals surface area contributed by atoms with E-state index in [-0.39, 0.29) is 30.3 Å². The number of anilines is 3. The molecule has 0 saturated carbocycles. The van der Waals surface area contributed by atoms with Gasteiger partial charge >= 0.3 is 0 Å². The van der Waals surface area contributed by atoms with Crippen molar-refractivity contribution in [3.8, 4) is 0 Å². The standard InChI is InChI=1S/C26H31N3O5/c1-13-4-14(27)2-3-23(13)29-26(30)24-20(6-16-10-32-16)19(5-15-9-31-15)21(7-17-11-33-17)25(28)22(24)8-18-12-34-18/h2-4,15-18H,5-12,27-28H2,1H3,(H,29,30). The predicted octanol–water partition coefficient (Wildman–Crippen LogP) is 2.18. The smallest absolute Gasteiger partial charge is 0.256 e. The number of epoxide rings is 4. The minimum Gasteiger partial charge on any atom is -0.399 e. The summed E-state index contributed by atoms with van der Waals surface area (Å²) in [6, 6.07) is 5.50. The number of nitrogens with two attached hydrogens (primary N) is 2. The Morgan fingerprint density at radius 1 is 0.824 bits per heavy atom. The van der Waals surface area contributed by atoms with Gasteiger partial charge in [0.05, 0.1) is 50.8 Å². The number of benzene rings is 2. The normalized spacial score (nSPS) is 26.3. The van der Waals surface area contributed by atoms with Gasteiger partial charge in [0.2, 0.25) is 0 Å². The number of carbonyl (C=O) groups excluding carboxylic acids is 1. The molecule has 34 heavy (non-hydrogen) atoms. The zero-order valence-corrected chi connectivity index (χ0v) is 19.4. The molecule has 6 rings (SSSR count). The first kappa shape index (κ1) is 21.9. The molecule has 0 aliphatic carbocycles. The van der Waals surface area contributed by atoms with E-state index in [1.807, 2.05) is 19.1 Å². The maximum atomic E-state index is 13.9. The molecule has 4 aliphatic heterocycles. The number of hydrogen-bond acceptors (Lipinski definition) is 7. The van der Waals surface area contributed by atoms with Gasteiger partial charge in [-0.1, -0.05) is 0 Å². The number of hydrogen-bond donors (Lipinski definition) is 3. The third-order valence-electron chi connectivity index (χ3n) is 7.04. The summed E-state index contributed by atoms with van der Waals surface area (Å²) in [6.45, 7) is 4.83. The molecular weight excluding hydrogens is 434 g/mol. The molecule has 5 N–H and O–H groups in total. The van der Waals surface area contributed by atoms with E-state index in [4.69, 9.17) is 30.4 Å². The Balaban J connectivity index is 1.47. The van der Waals surface area contributed by atoms with Crippen LogP contribution >= 0.6 is 0 Å². The highest BCUT2D eigenvalue weighted by atomic mass is 16.6. The van der Waals surface area contributed by atoms with E-state index in [1.54, 1.807) is 6.07 Å². The Kier molecular flexibility index (Phi) is 5.49. The average Bonchev–Trinajstić information content (AvgIpc) is 3.60. The fourth-order valence-corrected chi connectivity index (χ4v) is 4.85. The highest BCUT2D eigenvalue weighted by molar-refractivity contribution is 6.08. The summed E-state index contributed by atoms with van der Waals surface area (Å²) in [4.78, 5) is 13.9. The minimum absolute atomic E-state index is 0.0970. The van der Waals surface area contributed by atoms with Crippen LogP contribution in [0, 0.1) is 6.92 Å². The molecule has 4 unspecified atom stereocenters. The van der Waals surface area contributed by atoms with Crippen molar-refractivity contribution >= 4 is 23.0 Å². The molecule has 180 valence electrons. The van der Waals surface area contributed by atoms with E-state index in [1.165, 1.54) is 0 Å². The molecule has 4 heterocycles. The highest BCUT2D eigenvalue weighted by Crippen LogP contribution is 2.39. The Labute approximate surface area is 198 Å². The second-order valence-electron chi connectivity index (χ2n) is 9.87. The molecule has 8 nitrogen and oxygen atoms in total. The summed E-state index contributed by atoms with van der Waals surface area (Å²) in [5.41, 5.74) is 20.6. The number of rotatable bonds is 10. The molecule has 4 fully saturated rings. The van der Waals surface area contributed by atoms with Crippen molar-refractivity contribution in [3.05, 3.63) is 51.6 Å². The Morgan fingerprint density at radius 3 is 1.85 bits per heavy atom. The molecule has 4 atom stereocenters. The Hall–Kier alpha value is -2.65.